The Bertz CT molecular complexity index is 369. The summed E-state index contributed by atoms with van der Waals surface area (Å²) in [5.74, 6) is 0. The van der Waals surface area contributed by atoms with Crippen molar-refractivity contribution in [1.82, 2.24) is 0 Å². The van der Waals surface area contributed by atoms with Crippen LogP contribution in [0.15, 0.2) is 0 Å². The molecule has 0 aliphatic rings. The zero-order chi connectivity index (χ0) is 25.4. The van der Waals surface area contributed by atoms with Crippen molar-refractivity contribution in [2.24, 2.45) is 0 Å². The fraction of sp³-hybridized carbons (Fsp3) is 1.00. The molecule has 0 saturated heterocycles. The second-order valence-corrected chi connectivity index (χ2v) is 13.1. The van der Waals surface area contributed by atoms with Crippen LogP contribution in [-0.4, -0.2) is 59.3 Å². The van der Waals surface area contributed by atoms with Gasteiger partial charge in [0.05, 0.1) is 32.2 Å². The van der Waals surface area contributed by atoms with Crippen LogP contribution >= 0.6 is 0 Å². The average Bonchev–Trinajstić information content (AvgIpc) is 2.86. The van der Waals surface area contributed by atoms with E-state index in [1.807, 2.05) is 0 Å². The van der Waals surface area contributed by atoms with E-state index in [9.17, 15) is 0 Å². The van der Waals surface area contributed by atoms with Gasteiger partial charge in [0, 0.05) is 19.8 Å². The number of nitrogens with zero attached hydrogens (tertiary/aromatic N) is 1. The molecule has 34 heavy (non-hydrogen) atoms. The number of hydrogen-bond acceptors (Lipinski definition) is 3. The lowest BCUT2D eigenvalue weighted by atomic mass is 10.1. The van der Waals surface area contributed by atoms with Crippen LogP contribution < -0.4 is 0 Å². The minimum Gasteiger partial charge on any atom is -0.373 e. The number of hydrogen-bond donors (Lipinski definition) is 0. The van der Waals surface area contributed by atoms with Crippen LogP contribution in [0.1, 0.15) is 138 Å². The van der Waals surface area contributed by atoms with Crippen molar-refractivity contribution in [3.05, 3.63) is 0 Å². The van der Waals surface area contributed by atoms with Gasteiger partial charge in [-0.15, -0.1) is 0 Å². The van der Waals surface area contributed by atoms with Gasteiger partial charge >= 0.3 is 8.80 Å². The molecule has 206 valence electrons. The third-order valence-corrected chi connectivity index (χ3v) is 9.70. The first kappa shape index (κ1) is 34.1. The third kappa shape index (κ3) is 16.7. The zero-order valence-electron chi connectivity index (χ0n) is 24.4. The lowest BCUT2D eigenvalue weighted by Gasteiger charge is -2.41. The first-order valence-electron chi connectivity index (χ1n) is 15.3. The second kappa shape index (κ2) is 23.5. The van der Waals surface area contributed by atoms with Crippen LogP contribution in [0.2, 0.25) is 6.04 Å². The standard InChI is InChI=1S/C29H64NO3Si/c1-7-13-16-19-22-30(23-20-17-14-8-2,24-21-18-15-9-3)25-29-34(31-26-10-4,32-27-11-5)33-28-12-6/h7-29H2,1-6H3/q+1. The Morgan fingerprint density at radius 2 is 0.765 bits per heavy atom. The van der Waals surface area contributed by atoms with E-state index in [0.29, 0.717) is 0 Å². The number of quaternary nitrogens is 1. The highest BCUT2D eigenvalue weighted by atomic mass is 28.4. The van der Waals surface area contributed by atoms with Crippen LogP contribution in [-0.2, 0) is 13.3 Å². The molecule has 5 heteroatoms. The van der Waals surface area contributed by atoms with Gasteiger partial charge in [0.25, 0.3) is 0 Å². The van der Waals surface area contributed by atoms with Crippen molar-refractivity contribution >= 4 is 8.80 Å². The van der Waals surface area contributed by atoms with Gasteiger partial charge in [-0.25, -0.2) is 0 Å². The van der Waals surface area contributed by atoms with Crippen LogP contribution in [0.3, 0.4) is 0 Å². The molecule has 0 radical (unpaired) electrons. The minimum absolute atomic E-state index is 0.753. The molecule has 0 aromatic carbocycles. The minimum atomic E-state index is -2.65. The van der Waals surface area contributed by atoms with Gasteiger partial charge < -0.3 is 17.8 Å². The summed E-state index contributed by atoms with van der Waals surface area (Å²) in [5, 5.41) is 0. The van der Waals surface area contributed by atoms with Crippen molar-refractivity contribution in [3.8, 4) is 0 Å². The molecule has 0 amide bonds. The van der Waals surface area contributed by atoms with Crippen molar-refractivity contribution in [2.75, 3.05) is 46.0 Å². The number of unbranched alkanes of at least 4 members (excludes halogenated alkanes) is 9. The smallest absolute Gasteiger partial charge is 0.373 e. The van der Waals surface area contributed by atoms with Crippen LogP contribution in [0.4, 0.5) is 0 Å². The fourth-order valence-electron chi connectivity index (χ4n) is 4.78. The Kier molecular flexibility index (Phi) is 23.5. The summed E-state index contributed by atoms with van der Waals surface area (Å²) in [5.41, 5.74) is 0. The molecule has 0 aliphatic carbocycles. The van der Waals surface area contributed by atoms with E-state index < -0.39 is 8.80 Å². The molecule has 4 nitrogen and oxygen atoms in total. The summed E-state index contributed by atoms with van der Waals surface area (Å²) in [6, 6.07) is 0.975. The summed E-state index contributed by atoms with van der Waals surface area (Å²) in [7, 11) is -2.65. The highest BCUT2D eigenvalue weighted by molar-refractivity contribution is 6.60. The van der Waals surface area contributed by atoms with Crippen molar-refractivity contribution < 1.29 is 17.8 Å². The van der Waals surface area contributed by atoms with E-state index >= 15 is 0 Å². The van der Waals surface area contributed by atoms with Gasteiger partial charge in [-0.2, -0.15) is 0 Å². The van der Waals surface area contributed by atoms with Gasteiger partial charge in [0.1, 0.15) is 0 Å². The predicted molar refractivity (Wildman–Crippen MR) is 151 cm³/mol. The summed E-state index contributed by atoms with van der Waals surface area (Å²) >= 11 is 0. The zero-order valence-corrected chi connectivity index (χ0v) is 25.4. The molecule has 0 saturated carbocycles. The molecule has 0 bridgehead atoms. The average molecular weight is 503 g/mol. The quantitative estimate of drug-likeness (QED) is 0.0638. The largest absolute Gasteiger partial charge is 0.506 e. The molecular weight excluding hydrogens is 438 g/mol. The van der Waals surface area contributed by atoms with Gasteiger partial charge in [0.2, 0.25) is 0 Å². The molecule has 0 rings (SSSR count). The summed E-state index contributed by atoms with van der Waals surface area (Å²) in [4.78, 5) is 0. The summed E-state index contributed by atoms with van der Waals surface area (Å²) in [6.07, 6.45) is 19.2. The normalized spacial score (nSPS) is 12.5. The topological polar surface area (TPSA) is 27.7 Å². The maximum absolute atomic E-state index is 6.49. The lowest BCUT2D eigenvalue weighted by Crippen LogP contribution is -2.56. The molecule has 0 N–H and O–H groups in total. The second-order valence-electron chi connectivity index (χ2n) is 10.4. The first-order valence-corrected chi connectivity index (χ1v) is 17.3. The van der Waals surface area contributed by atoms with Crippen molar-refractivity contribution in [3.63, 3.8) is 0 Å². The van der Waals surface area contributed by atoms with E-state index in [0.717, 1.165) is 51.7 Å². The SMILES string of the molecule is CCCCCC[N+](CCCCCC)(CCCCCC)CC[Si](OCCC)(OCCC)OCCC. The maximum atomic E-state index is 6.49. The van der Waals surface area contributed by atoms with E-state index in [4.69, 9.17) is 13.3 Å². The lowest BCUT2D eigenvalue weighted by molar-refractivity contribution is -0.927. The summed E-state index contributed by atoms with van der Waals surface area (Å²) < 4.78 is 20.7. The van der Waals surface area contributed by atoms with Crippen LogP contribution in [0, 0.1) is 0 Å². The Morgan fingerprint density at radius 1 is 0.412 bits per heavy atom. The Morgan fingerprint density at radius 3 is 1.06 bits per heavy atom. The molecule has 0 aromatic heterocycles. The highest BCUT2D eigenvalue weighted by Crippen LogP contribution is 2.24. The highest BCUT2D eigenvalue weighted by Gasteiger charge is 2.44. The first-order chi connectivity index (χ1) is 16.6. The molecule has 0 atom stereocenters. The van der Waals surface area contributed by atoms with E-state index in [1.54, 1.807) is 0 Å². The van der Waals surface area contributed by atoms with Crippen molar-refractivity contribution in [2.45, 2.75) is 144 Å². The third-order valence-electron chi connectivity index (χ3n) is 6.93. The predicted octanol–water partition coefficient (Wildman–Crippen LogP) is 8.76. The Hall–Kier alpha value is 0.0569. The Balaban J connectivity index is 5.62. The van der Waals surface area contributed by atoms with E-state index in [1.165, 1.54) is 101 Å². The molecule has 0 heterocycles. The molecule has 0 fully saturated rings. The Labute approximate surface area is 216 Å². The van der Waals surface area contributed by atoms with Crippen molar-refractivity contribution in [1.29, 1.82) is 0 Å². The van der Waals surface area contributed by atoms with Gasteiger partial charge in [0.15, 0.2) is 0 Å². The molecule has 0 unspecified atom stereocenters. The van der Waals surface area contributed by atoms with E-state index in [2.05, 4.69) is 41.5 Å². The van der Waals surface area contributed by atoms with Gasteiger partial charge in [-0.05, 0) is 57.8 Å². The van der Waals surface area contributed by atoms with Crippen LogP contribution in [0.25, 0.3) is 0 Å². The fourth-order valence-corrected chi connectivity index (χ4v) is 7.76. The molecular formula is C29H64NO3Si+. The molecule has 0 aliphatic heterocycles. The summed E-state index contributed by atoms with van der Waals surface area (Å²) in [6.45, 7) is 20.9. The number of rotatable bonds is 27. The van der Waals surface area contributed by atoms with E-state index in [-0.39, 0.29) is 0 Å². The monoisotopic (exact) mass is 502 g/mol. The maximum Gasteiger partial charge on any atom is 0.506 e. The van der Waals surface area contributed by atoms with Gasteiger partial charge in [-0.1, -0.05) is 80.1 Å². The molecule has 0 spiro atoms. The van der Waals surface area contributed by atoms with Crippen LogP contribution in [0.5, 0.6) is 0 Å². The molecule has 0 aromatic rings. The van der Waals surface area contributed by atoms with Gasteiger partial charge in [-0.3, -0.25) is 0 Å².